The molecule has 0 saturated heterocycles. The summed E-state index contributed by atoms with van der Waals surface area (Å²) in [6, 6.07) is 4.62. The first-order valence-corrected chi connectivity index (χ1v) is 5.25. The van der Waals surface area contributed by atoms with E-state index < -0.39 is 0 Å². The summed E-state index contributed by atoms with van der Waals surface area (Å²) in [4.78, 5) is 3.99. The number of nitrogens with zero attached hydrogens (tertiary/aromatic N) is 1. The maximum Gasteiger partial charge on any atom is 0.0373 e. The summed E-state index contributed by atoms with van der Waals surface area (Å²) in [6.07, 6.45) is 7.34. The molecule has 1 aromatic heterocycles. The Bertz CT molecular complexity index is 273. The van der Waals surface area contributed by atoms with Gasteiger partial charge in [-0.1, -0.05) is 0 Å². The van der Waals surface area contributed by atoms with Crippen LogP contribution in [0, 0.1) is 5.92 Å². The molecule has 1 aromatic rings. The number of anilines is 1. The molecule has 2 atom stereocenters. The van der Waals surface area contributed by atoms with Crippen molar-refractivity contribution in [2.75, 3.05) is 11.9 Å². The molecule has 1 saturated carbocycles. The molecule has 1 heterocycles. The topological polar surface area (TPSA) is 50.9 Å². The molecule has 76 valence electrons. The van der Waals surface area contributed by atoms with E-state index in [0.29, 0.717) is 12.0 Å². The number of nitrogens with one attached hydrogen (secondary N) is 1. The standard InChI is InChI=1S/C11H17N3/c12-8-9-1-2-11(7-9)14-10-3-5-13-6-4-10/h3-6,9,11H,1-2,7-8,12H2,(H,13,14). The average molecular weight is 191 g/mol. The van der Waals surface area contributed by atoms with E-state index in [0.717, 1.165) is 6.54 Å². The first kappa shape index (κ1) is 9.46. The van der Waals surface area contributed by atoms with Gasteiger partial charge in [0.1, 0.15) is 0 Å². The quantitative estimate of drug-likeness (QED) is 0.763. The van der Waals surface area contributed by atoms with Gasteiger partial charge in [-0.15, -0.1) is 0 Å². The second-order valence-electron chi connectivity index (χ2n) is 3.99. The zero-order valence-corrected chi connectivity index (χ0v) is 8.32. The molecule has 2 unspecified atom stereocenters. The van der Waals surface area contributed by atoms with Crippen LogP contribution in [0.1, 0.15) is 19.3 Å². The minimum atomic E-state index is 0.603. The van der Waals surface area contributed by atoms with Crippen LogP contribution < -0.4 is 11.1 Å². The minimum Gasteiger partial charge on any atom is -0.382 e. The predicted molar refractivity (Wildman–Crippen MR) is 58.0 cm³/mol. The Morgan fingerprint density at radius 3 is 2.79 bits per heavy atom. The van der Waals surface area contributed by atoms with Crippen molar-refractivity contribution < 1.29 is 0 Å². The van der Waals surface area contributed by atoms with Crippen molar-refractivity contribution in [3.05, 3.63) is 24.5 Å². The van der Waals surface area contributed by atoms with E-state index in [2.05, 4.69) is 10.3 Å². The maximum absolute atomic E-state index is 5.65. The lowest BCUT2D eigenvalue weighted by atomic mass is 10.1. The van der Waals surface area contributed by atoms with Crippen LogP contribution in [0.2, 0.25) is 0 Å². The molecule has 0 spiro atoms. The molecule has 3 N–H and O–H groups in total. The summed E-state index contributed by atoms with van der Waals surface area (Å²) >= 11 is 0. The zero-order chi connectivity index (χ0) is 9.80. The Balaban J connectivity index is 1.88. The van der Waals surface area contributed by atoms with Crippen LogP contribution in [-0.2, 0) is 0 Å². The molecule has 2 rings (SSSR count). The number of hydrogen-bond donors (Lipinski definition) is 2. The highest BCUT2D eigenvalue weighted by molar-refractivity contribution is 5.41. The summed E-state index contributed by atoms with van der Waals surface area (Å²) in [5.74, 6) is 0.717. The van der Waals surface area contributed by atoms with Crippen LogP contribution in [0.3, 0.4) is 0 Å². The Kier molecular flexibility index (Phi) is 2.99. The number of hydrogen-bond acceptors (Lipinski definition) is 3. The fraction of sp³-hybridized carbons (Fsp3) is 0.545. The van der Waals surface area contributed by atoms with Gasteiger partial charge in [-0.05, 0) is 43.9 Å². The fourth-order valence-electron chi connectivity index (χ4n) is 2.10. The molecule has 1 aliphatic carbocycles. The lowest BCUT2D eigenvalue weighted by Gasteiger charge is -2.13. The molecule has 0 amide bonds. The van der Waals surface area contributed by atoms with Gasteiger partial charge in [-0.3, -0.25) is 4.98 Å². The van der Waals surface area contributed by atoms with Crippen molar-refractivity contribution in [3.63, 3.8) is 0 Å². The lowest BCUT2D eigenvalue weighted by Crippen LogP contribution is -2.17. The first-order valence-electron chi connectivity index (χ1n) is 5.25. The van der Waals surface area contributed by atoms with Crippen molar-refractivity contribution >= 4 is 5.69 Å². The second-order valence-corrected chi connectivity index (χ2v) is 3.99. The molecule has 14 heavy (non-hydrogen) atoms. The largest absolute Gasteiger partial charge is 0.382 e. The van der Waals surface area contributed by atoms with Crippen molar-refractivity contribution in [2.45, 2.75) is 25.3 Å². The Hall–Kier alpha value is -1.09. The van der Waals surface area contributed by atoms with Gasteiger partial charge < -0.3 is 11.1 Å². The molecule has 3 heteroatoms. The van der Waals surface area contributed by atoms with E-state index in [-0.39, 0.29) is 0 Å². The number of pyridine rings is 1. The third-order valence-electron chi connectivity index (χ3n) is 2.93. The van der Waals surface area contributed by atoms with Gasteiger partial charge in [0, 0.05) is 24.1 Å². The molecular formula is C11H17N3. The highest BCUT2D eigenvalue weighted by Gasteiger charge is 2.22. The van der Waals surface area contributed by atoms with Crippen LogP contribution in [0.15, 0.2) is 24.5 Å². The van der Waals surface area contributed by atoms with Gasteiger partial charge >= 0.3 is 0 Å². The van der Waals surface area contributed by atoms with E-state index in [1.54, 1.807) is 0 Å². The Labute approximate surface area is 84.7 Å². The Morgan fingerprint density at radius 1 is 1.36 bits per heavy atom. The summed E-state index contributed by atoms with van der Waals surface area (Å²) in [7, 11) is 0. The SMILES string of the molecule is NCC1CCC(Nc2ccncc2)C1. The van der Waals surface area contributed by atoms with Gasteiger partial charge in [0.15, 0.2) is 0 Å². The fourth-order valence-corrected chi connectivity index (χ4v) is 2.10. The van der Waals surface area contributed by atoms with Gasteiger partial charge in [-0.25, -0.2) is 0 Å². The lowest BCUT2D eigenvalue weighted by molar-refractivity contribution is 0.555. The van der Waals surface area contributed by atoms with Gasteiger partial charge in [0.25, 0.3) is 0 Å². The molecular weight excluding hydrogens is 174 g/mol. The summed E-state index contributed by atoms with van der Waals surface area (Å²) in [5.41, 5.74) is 6.82. The molecule has 0 bridgehead atoms. The number of aromatic nitrogens is 1. The Morgan fingerprint density at radius 2 is 2.14 bits per heavy atom. The van der Waals surface area contributed by atoms with Crippen molar-refractivity contribution in [1.29, 1.82) is 0 Å². The van der Waals surface area contributed by atoms with Crippen LogP contribution in [0.4, 0.5) is 5.69 Å². The van der Waals surface area contributed by atoms with Gasteiger partial charge in [0.05, 0.1) is 0 Å². The summed E-state index contributed by atoms with van der Waals surface area (Å²) in [6.45, 7) is 0.828. The van der Waals surface area contributed by atoms with Crippen molar-refractivity contribution in [2.24, 2.45) is 11.7 Å². The highest BCUT2D eigenvalue weighted by atomic mass is 14.9. The van der Waals surface area contributed by atoms with Crippen LogP contribution >= 0.6 is 0 Å². The monoisotopic (exact) mass is 191 g/mol. The van der Waals surface area contributed by atoms with Gasteiger partial charge in [0.2, 0.25) is 0 Å². The third kappa shape index (κ3) is 2.23. The van der Waals surface area contributed by atoms with Gasteiger partial charge in [-0.2, -0.15) is 0 Å². The normalized spacial score (nSPS) is 26.4. The van der Waals surface area contributed by atoms with Crippen LogP contribution in [0.25, 0.3) is 0 Å². The number of rotatable bonds is 3. The van der Waals surface area contributed by atoms with E-state index >= 15 is 0 Å². The van der Waals surface area contributed by atoms with Crippen LogP contribution in [0.5, 0.6) is 0 Å². The first-order chi connectivity index (χ1) is 6.88. The molecule has 0 aliphatic heterocycles. The van der Waals surface area contributed by atoms with E-state index in [1.165, 1.54) is 24.9 Å². The van der Waals surface area contributed by atoms with Crippen LogP contribution in [-0.4, -0.2) is 17.6 Å². The molecule has 1 fully saturated rings. The zero-order valence-electron chi connectivity index (χ0n) is 8.32. The minimum absolute atomic E-state index is 0.603. The predicted octanol–water partition coefficient (Wildman–Crippen LogP) is 1.62. The summed E-state index contributed by atoms with van der Waals surface area (Å²) < 4.78 is 0. The van der Waals surface area contributed by atoms with E-state index in [9.17, 15) is 0 Å². The molecule has 1 aliphatic rings. The van der Waals surface area contributed by atoms with Crippen molar-refractivity contribution in [3.8, 4) is 0 Å². The van der Waals surface area contributed by atoms with E-state index in [4.69, 9.17) is 5.73 Å². The number of nitrogens with two attached hydrogens (primary N) is 1. The molecule has 0 aromatic carbocycles. The average Bonchev–Trinajstić information content (AvgIpc) is 2.67. The highest BCUT2D eigenvalue weighted by Crippen LogP contribution is 2.26. The third-order valence-corrected chi connectivity index (χ3v) is 2.93. The molecule has 0 radical (unpaired) electrons. The second kappa shape index (κ2) is 4.42. The van der Waals surface area contributed by atoms with E-state index in [1.807, 2.05) is 24.5 Å². The smallest absolute Gasteiger partial charge is 0.0373 e. The maximum atomic E-state index is 5.65. The molecule has 3 nitrogen and oxygen atoms in total. The van der Waals surface area contributed by atoms with Crippen molar-refractivity contribution in [1.82, 2.24) is 4.98 Å². The summed E-state index contributed by atoms with van der Waals surface area (Å²) in [5, 5.41) is 3.51.